The first-order chi connectivity index (χ1) is 11.4. The molecule has 0 bridgehead atoms. The molecule has 3 nitrogen and oxygen atoms in total. The molecule has 0 radical (unpaired) electrons. The molecule has 2 aliphatic heterocycles. The minimum absolute atomic E-state index is 0.0161. The Balaban J connectivity index is 1.96. The van der Waals surface area contributed by atoms with Gasteiger partial charge in [-0.1, -0.05) is 27.5 Å². The van der Waals surface area contributed by atoms with Crippen molar-refractivity contribution in [2.45, 2.75) is 12.2 Å². The largest absolute Gasteiger partial charge is 0.443 e. The van der Waals surface area contributed by atoms with E-state index in [9.17, 15) is 13.6 Å². The summed E-state index contributed by atoms with van der Waals surface area (Å²) in [4.78, 5) is 12.8. The number of hydrogen-bond donors (Lipinski definition) is 0. The van der Waals surface area contributed by atoms with Crippen molar-refractivity contribution in [3.63, 3.8) is 0 Å². The molecule has 2 aromatic rings. The minimum atomic E-state index is -3.06. The van der Waals surface area contributed by atoms with Crippen molar-refractivity contribution in [3.8, 4) is 11.5 Å². The van der Waals surface area contributed by atoms with Gasteiger partial charge >= 0.3 is 12.2 Å². The van der Waals surface area contributed by atoms with Gasteiger partial charge in [-0.05, 0) is 42.5 Å². The fraction of sp³-hybridized carbons (Fsp3) is 0.118. The van der Waals surface area contributed by atoms with Crippen LogP contribution in [-0.2, 0) is 0 Å². The van der Waals surface area contributed by atoms with Crippen molar-refractivity contribution in [2.24, 2.45) is 0 Å². The molecular formula is C17H8BrClF2O3. The molecule has 2 heterocycles. The molecule has 7 heteroatoms. The van der Waals surface area contributed by atoms with Crippen molar-refractivity contribution >= 4 is 39.4 Å². The Bertz CT molecular complexity index is 913. The Morgan fingerprint density at radius 3 is 2.54 bits per heavy atom. The van der Waals surface area contributed by atoms with Crippen LogP contribution in [0, 0.1) is 0 Å². The molecule has 0 spiro atoms. The highest BCUT2D eigenvalue weighted by Crippen LogP contribution is 2.47. The molecule has 0 aromatic heterocycles. The monoisotopic (exact) mass is 412 g/mol. The van der Waals surface area contributed by atoms with Gasteiger partial charge < -0.3 is 9.47 Å². The van der Waals surface area contributed by atoms with E-state index < -0.39 is 18.0 Å². The number of carbonyl (C=O) groups excluding carboxylic acids is 1. The number of benzene rings is 2. The normalized spacial score (nSPS) is 21.2. The van der Waals surface area contributed by atoms with Gasteiger partial charge in [-0.25, -0.2) is 8.78 Å². The lowest BCUT2D eigenvalue weighted by Crippen LogP contribution is -2.56. The maximum Gasteiger partial charge on any atom is 0.344 e. The molecule has 2 aliphatic rings. The molecule has 0 saturated carbocycles. The first kappa shape index (κ1) is 15.6. The zero-order chi connectivity index (χ0) is 17.1. The maximum absolute atomic E-state index is 13.9. The molecule has 0 saturated heterocycles. The molecular weight excluding hydrogens is 406 g/mol. The molecule has 2 aromatic carbocycles. The second kappa shape index (κ2) is 5.29. The van der Waals surface area contributed by atoms with Crippen LogP contribution in [0.1, 0.15) is 15.9 Å². The van der Waals surface area contributed by atoms with Gasteiger partial charge in [0.05, 0.1) is 11.1 Å². The number of alkyl halides is 2. The van der Waals surface area contributed by atoms with Crippen LogP contribution in [0.3, 0.4) is 0 Å². The Kier molecular flexibility index (Phi) is 3.44. The molecule has 1 atom stereocenters. The van der Waals surface area contributed by atoms with Crippen LogP contribution in [0.5, 0.6) is 11.5 Å². The fourth-order valence-electron chi connectivity index (χ4n) is 2.78. The first-order valence-electron chi connectivity index (χ1n) is 6.93. The van der Waals surface area contributed by atoms with E-state index in [1.165, 1.54) is 24.3 Å². The minimum Gasteiger partial charge on any atom is -0.443 e. The van der Waals surface area contributed by atoms with E-state index in [0.29, 0.717) is 10.6 Å². The lowest BCUT2D eigenvalue weighted by Gasteiger charge is -2.41. The van der Waals surface area contributed by atoms with Gasteiger partial charge in [-0.3, -0.25) is 4.79 Å². The number of halogens is 4. The van der Waals surface area contributed by atoms with Crippen molar-refractivity contribution in [3.05, 3.63) is 62.6 Å². The standard InChI is InChI=1S/C17H8BrClF2O3/c18-9-1-3-13-8(5-9)6-12-15(22)11-7-10(19)2-4-14(11)24-17(12,23-13)16(20)21/h1-7,16H. The summed E-state index contributed by atoms with van der Waals surface area (Å²) < 4.78 is 39.5. The van der Waals surface area contributed by atoms with Crippen LogP contribution in [0.2, 0.25) is 5.02 Å². The second-order valence-electron chi connectivity index (χ2n) is 5.38. The van der Waals surface area contributed by atoms with Crippen LogP contribution in [0.25, 0.3) is 6.08 Å². The molecule has 0 N–H and O–H groups in total. The van der Waals surface area contributed by atoms with Gasteiger partial charge in [-0.2, -0.15) is 0 Å². The Labute approximate surface area is 149 Å². The molecule has 4 rings (SSSR count). The molecule has 122 valence electrons. The summed E-state index contributed by atoms with van der Waals surface area (Å²) in [6, 6.07) is 9.13. The summed E-state index contributed by atoms with van der Waals surface area (Å²) in [5.41, 5.74) is 0.392. The first-order valence-corrected chi connectivity index (χ1v) is 8.10. The van der Waals surface area contributed by atoms with Crippen molar-refractivity contribution in [1.82, 2.24) is 0 Å². The molecule has 24 heavy (non-hydrogen) atoms. The van der Waals surface area contributed by atoms with E-state index in [-0.39, 0.29) is 22.6 Å². The number of fused-ring (bicyclic) bond motifs is 3. The van der Waals surface area contributed by atoms with Gasteiger partial charge in [0, 0.05) is 15.1 Å². The van der Waals surface area contributed by atoms with Gasteiger partial charge in [0.15, 0.2) is 0 Å². The summed E-state index contributed by atoms with van der Waals surface area (Å²) in [7, 11) is 0. The SMILES string of the molecule is O=C1C2=Cc3cc(Br)ccc3OC2(C(F)F)Oc2ccc(Cl)cc21. The Morgan fingerprint density at radius 1 is 1.08 bits per heavy atom. The van der Waals surface area contributed by atoms with Gasteiger partial charge in [0.2, 0.25) is 5.78 Å². The topological polar surface area (TPSA) is 35.5 Å². The lowest BCUT2D eigenvalue weighted by molar-refractivity contribution is -0.176. The molecule has 0 amide bonds. The van der Waals surface area contributed by atoms with E-state index in [0.717, 1.165) is 4.47 Å². The van der Waals surface area contributed by atoms with Gasteiger partial charge in [-0.15, -0.1) is 0 Å². The number of Topliss-reactive ketones (excluding diaryl/α,β-unsaturated/α-hetero) is 1. The molecule has 1 unspecified atom stereocenters. The Hall–Kier alpha value is -1.92. The van der Waals surface area contributed by atoms with E-state index in [4.69, 9.17) is 21.1 Å². The van der Waals surface area contributed by atoms with Crippen molar-refractivity contribution < 1.29 is 23.0 Å². The zero-order valence-corrected chi connectivity index (χ0v) is 14.2. The van der Waals surface area contributed by atoms with Crippen LogP contribution in [0.15, 0.2) is 46.4 Å². The predicted molar refractivity (Wildman–Crippen MR) is 87.9 cm³/mol. The average molecular weight is 414 g/mol. The highest BCUT2D eigenvalue weighted by molar-refractivity contribution is 9.10. The van der Waals surface area contributed by atoms with Crippen LogP contribution in [0.4, 0.5) is 8.78 Å². The van der Waals surface area contributed by atoms with Crippen LogP contribution in [-0.4, -0.2) is 18.0 Å². The van der Waals surface area contributed by atoms with E-state index in [1.807, 2.05) is 0 Å². The van der Waals surface area contributed by atoms with E-state index >= 15 is 0 Å². The third-order valence-electron chi connectivity index (χ3n) is 3.89. The van der Waals surface area contributed by atoms with E-state index in [2.05, 4.69) is 15.9 Å². The smallest absolute Gasteiger partial charge is 0.344 e. The van der Waals surface area contributed by atoms with Gasteiger partial charge in [0.25, 0.3) is 0 Å². The summed E-state index contributed by atoms with van der Waals surface area (Å²) in [6.45, 7) is 0. The second-order valence-corrected chi connectivity index (χ2v) is 6.73. The summed E-state index contributed by atoms with van der Waals surface area (Å²) in [5, 5.41) is 0.315. The number of ketones is 1. The number of ether oxygens (including phenoxy) is 2. The highest BCUT2D eigenvalue weighted by atomic mass is 79.9. The maximum atomic E-state index is 13.9. The average Bonchev–Trinajstić information content (AvgIpc) is 2.54. The van der Waals surface area contributed by atoms with Crippen LogP contribution < -0.4 is 9.47 Å². The third kappa shape index (κ3) is 2.17. The zero-order valence-electron chi connectivity index (χ0n) is 11.9. The molecule has 0 fully saturated rings. The summed E-state index contributed by atoms with van der Waals surface area (Å²) >= 11 is 9.21. The quantitative estimate of drug-likeness (QED) is 0.651. The molecule has 0 aliphatic carbocycles. The fourth-order valence-corrected chi connectivity index (χ4v) is 3.33. The Morgan fingerprint density at radius 2 is 1.79 bits per heavy atom. The van der Waals surface area contributed by atoms with Crippen molar-refractivity contribution in [1.29, 1.82) is 0 Å². The van der Waals surface area contributed by atoms with Gasteiger partial charge in [0.1, 0.15) is 11.5 Å². The predicted octanol–water partition coefficient (Wildman–Crippen LogP) is 5.12. The number of rotatable bonds is 1. The lowest BCUT2D eigenvalue weighted by atomic mass is 9.89. The summed E-state index contributed by atoms with van der Waals surface area (Å²) in [6.07, 6.45) is -1.68. The van der Waals surface area contributed by atoms with E-state index in [1.54, 1.807) is 18.2 Å². The highest BCUT2D eigenvalue weighted by Gasteiger charge is 2.57. The number of carbonyl (C=O) groups is 1. The summed E-state index contributed by atoms with van der Waals surface area (Å²) in [5.74, 6) is -2.82. The number of hydrogen-bond acceptors (Lipinski definition) is 3. The van der Waals surface area contributed by atoms with Crippen molar-refractivity contribution in [2.75, 3.05) is 0 Å². The third-order valence-corrected chi connectivity index (χ3v) is 4.62. The van der Waals surface area contributed by atoms with Crippen LogP contribution >= 0.6 is 27.5 Å².